The van der Waals surface area contributed by atoms with Gasteiger partial charge in [-0.25, -0.2) is 4.98 Å². The maximum Gasteiger partial charge on any atom is 0.106 e. The summed E-state index contributed by atoms with van der Waals surface area (Å²) in [5, 5.41) is 9.55. The van der Waals surface area contributed by atoms with Crippen LogP contribution in [0.25, 0.3) is 0 Å². The summed E-state index contributed by atoms with van der Waals surface area (Å²) in [5.41, 5.74) is 0. The van der Waals surface area contributed by atoms with Gasteiger partial charge in [-0.2, -0.15) is 0 Å². The van der Waals surface area contributed by atoms with E-state index in [2.05, 4.69) is 22.5 Å². The first-order valence-corrected chi connectivity index (χ1v) is 4.90. The van der Waals surface area contributed by atoms with Gasteiger partial charge in [0.1, 0.15) is 5.01 Å². The molecule has 0 aromatic carbocycles. The summed E-state index contributed by atoms with van der Waals surface area (Å²) in [6.07, 6.45) is 1.83. The Balaban J connectivity index is 1.96. The zero-order valence-electron chi connectivity index (χ0n) is 7.05. The smallest absolute Gasteiger partial charge is 0.106 e. The highest BCUT2D eigenvalue weighted by molar-refractivity contribution is 7.09. The lowest BCUT2D eigenvalue weighted by Gasteiger charge is -2.01. The average molecular weight is 184 g/mol. The molecule has 0 amide bonds. The van der Waals surface area contributed by atoms with Gasteiger partial charge >= 0.3 is 0 Å². The molecule has 1 aromatic rings. The fourth-order valence-electron chi connectivity index (χ4n) is 0.837. The van der Waals surface area contributed by atoms with Crippen LogP contribution in [0.15, 0.2) is 11.6 Å². The monoisotopic (exact) mass is 184 g/mol. The zero-order valence-corrected chi connectivity index (χ0v) is 7.86. The molecule has 1 aromatic heterocycles. The Morgan fingerprint density at radius 3 is 2.92 bits per heavy atom. The van der Waals surface area contributed by atoms with E-state index >= 15 is 0 Å². The third kappa shape index (κ3) is 3.80. The molecule has 0 fully saturated rings. The van der Waals surface area contributed by atoms with Gasteiger partial charge in [-0.05, 0) is 13.5 Å². The van der Waals surface area contributed by atoms with E-state index in [-0.39, 0.29) is 0 Å². The van der Waals surface area contributed by atoms with Crippen LogP contribution in [0.1, 0.15) is 5.01 Å². The quantitative estimate of drug-likeness (QED) is 0.638. The van der Waals surface area contributed by atoms with Crippen LogP contribution in [0, 0.1) is 6.92 Å². The second kappa shape index (κ2) is 6.11. The molecule has 1 radical (unpaired) electrons. The Morgan fingerprint density at radius 1 is 1.42 bits per heavy atom. The summed E-state index contributed by atoms with van der Waals surface area (Å²) in [7, 11) is 0. The van der Waals surface area contributed by atoms with Crippen LogP contribution in [0.3, 0.4) is 0 Å². The standard InChI is InChI=1S/C8H14N3S/c1-2-9-3-4-10-7-8-11-5-6-12-8/h5-6,9-10H,1-4,7H2. The molecule has 3 nitrogen and oxygen atoms in total. The van der Waals surface area contributed by atoms with E-state index in [0.29, 0.717) is 0 Å². The first-order chi connectivity index (χ1) is 5.93. The van der Waals surface area contributed by atoms with Crippen LogP contribution >= 0.6 is 11.3 Å². The summed E-state index contributed by atoms with van der Waals surface area (Å²) in [5.74, 6) is 0. The summed E-state index contributed by atoms with van der Waals surface area (Å²) in [6, 6.07) is 0. The van der Waals surface area contributed by atoms with Crippen molar-refractivity contribution < 1.29 is 0 Å². The molecule has 0 spiro atoms. The van der Waals surface area contributed by atoms with Crippen LogP contribution in [-0.4, -0.2) is 24.6 Å². The number of hydrogen-bond acceptors (Lipinski definition) is 4. The Labute approximate surface area is 77.2 Å². The van der Waals surface area contributed by atoms with Gasteiger partial charge in [-0.1, -0.05) is 0 Å². The van der Waals surface area contributed by atoms with Crippen LogP contribution in [-0.2, 0) is 6.54 Å². The maximum absolute atomic E-state index is 4.16. The van der Waals surface area contributed by atoms with Gasteiger partial charge < -0.3 is 10.6 Å². The molecule has 0 unspecified atom stereocenters. The van der Waals surface area contributed by atoms with Crippen molar-refractivity contribution in [2.75, 3.05) is 19.6 Å². The van der Waals surface area contributed by atoms with Crippen LogP contribution < -0.4 is 10.6 Å². The van der Waals surface area contributed by atoms with Gasteiger partial charge in [0.05, 0.1) is 0 Å². The van der Waals surface area contributed by atoms with E-state index in [0.717, 1.165) is 31.2 Å². The van der Waals surface area contributed by atoms with Crippen molar-refractivity contribution >= 4 is 11.3 Å². The normalized spacial score (nSPS) is 10.4. The van der Waals surface area contributed by atoms with Crippen molar-refractivity contribution in [2.45, 2.75) is 6.54 Å². The summed E-state index contributed by atoms with van der Waals surface area (Å²) < 4.78 is 0. The van der Waals surface area contributed by atoms with Crippen LogP contribution in [0.4, 0.5) is 0 Å². The molecule has 4 heteroatoms. The first-order valence-electron chi connectivity index (χ1n) is 4.02. The Kier molecular flexibility index (Phi) is 4.91. The fourth-order valence-corrected chi connectivity index (χ4v) is 1.42. The molecule has 0 saturated carbocycles. The van der Waals surface area contributed by atoms with E-state index in [1.54, 1.807) is 11.3 Å². The Morgan fingerprint density at radius 2 is 2.25 bits per heavy atom. The van der Waals surface area contributed by atoms with E-state index in [9.17, 15) is 0 Å². The molecule has 0 aliphatic rings. The molecule has 67 valence electrons. The predicted molar refractivity (Wildman–Crippen MR) is 52.0 cm³/mol. The first kappa shape index (κ1) is 9.64. The van der Waals surface area contributed by atoms with Gasteiger partial charge in [0.15, 0.2) is 0 Å². The lowest BCUT2D eigenvalue weighted by atomic mass is 10.5. The minimum Gasteiger partial charge on any atom is -0.315 e. The van der Waals surface area contributed by atoms with Crippen molar-refractivity contribution in [2.24, 2.45) is 0 Å². The highest BCUT2D eigenvalue weighted by Gasteiger charge is 1.92. The highest BCUT2D eigenvalue weighted by Crippen LogP contribution is 2.01. The Hall–Kier alpha value is -0.450. The molecule has 1 rings (SSSR count). The number of aromatic nitrogens is 1. The fraction of sp³-hybridized carbons (Fsp3) is 0.500. The summed E-state index contributed by atoms with van der Waals surface area (Å²) >= 11 is 1.68. The highest BCUT2D eigenvalue weighted by atomic mass is 32.1. The Bertz CT molecular complexity index is 186. The summed E-state index contributed by atoms with van der Waals surface area (Å²) in [4.78, 5) is 4.16. The van der Waals surface area contributed by atoms with Crippen molar-refractivity contribution in [3.63, 3.8) is 0 Å². The van der Waals surface area contributed by atoms with E-state index < -0.39 is 0 Å². The number of hydrogen-bond donors (Lipinski definition) is 2. The number of nitrogens with zero attached hydrogens (tertiary/aromatic N) is 1. The SMILES string of the molecule is [CH2]CNCCNCc1nccs1. The van der Waals surface area contributed by atoms with E-state index in [1.165, 1.54) is 0 Å². The lowest BCUT2D eigenvalue weighted by Crippen LogP contribution is -2.26. The van der Waals surface area contributed by atoms with Gasteiger partial charge in [0.2, 0.25) is 0 Å². The molecular formula is C8H14N3S. The van der Waals surface area contributed by atoms with Crippen molar-refractivity contribution in [1.29, 1.82) is 0 Å². The molecule has 0 aliphatic heterocycles. The molecule has 12 heavy (non-hydrogen) atoms. The lowest BCUT2D eigenvalue weighted by molar-refractivity contribution is 0.633. The molecule has 0 aliphatic carbocycles. The second-order valence-corrected chi connectivity index (χ2v) is 3.33. The van der Waals surface area contributed by atoms with Crippen molar-refractivity contribution in [3.05, 3.63) is 23.5 Å². The topological polar surface area (TPSA) is 37.0 Å². The minimum atomic E-state index is 0.791. The van der Waals surface area contributed by atoms with Crippen molar-refractivity contribution in [1.82, 2.24) is 15.6 Å². The minimum absolute atomic E-state index is 0.791. The predicted octanol–water partition coefficient (Wildman–Crippen LogP) is 0.656. The van der Waals surface area contributed by atoms with Gasteiger partial charge in [0, 0.05) is 31.2 Å². The average Bonchev–Trinajstić information content (AvgIpc) is 2.57. The van der Waals surface area contributed by atoms with Gasteiger partial charge in [0.25, 0.3) is 0 Å². The maximum atomic E-state index is 4.16. The third-order valence-corrected chi connectivity index (χ3v) is 2.19. The molecule has 0 atom stereocenters. The van der Waals surface area contributed by atoms with Crippen molar-refractivity contribution in [3.8, 4) is 0 Å². The van der Waals surface area contributed by atoms with Crippen LogP contribution in [0.5, 0.6) is 0 Å². The summed E-state index contributed by atoms with van der Waals surface area (Å²) in [6.45, 7) is 7.28. The largest absolute Gasteiger partial charge is 0.315 e. The number of nitrogens with one attached hydrogen (secondary N) is 2. The number of thiazole rings is 1. The van der Waals surface area contributed by atoms with E-state index in [1.807, 2.05) is 11.6 Å². The van der Waals surface area contributed by atoms with Gasteiger partial charge in [-0.15, -0.1) is 11.3 Å². The molecule has 0 saturated heterocycles. The molecule has 0 bridgehead atoms. The number of rotatable bonds is 6. The second-order valence-electron chi connectivity index (χ2n) is 2.35. The third-order valence-electron chi connectivity index (χ3n) is 1.42. The molecule has 1 heterocycles. The molecular weight excluding hydrogens is 170 g/mol. The van der Waals surface area contributed by atoms with E-state index in [4.69, 9.17) is 0 Å². The van der Waals surface area contributed by atoms with Gasteiger partial charge in [-0.3, -0.25) is 0 Å². The molecule has 2 N–H and O–H groups in total. The zero-order chi connectivity index (χ0) is 8.65. The van der Waals surface area contributed by atoms with Crippen LogP contribution in [0.2, 0.25) is 0 Å².